The molecule has 0 saturated carbocycles. The minimum Gasteiger partial charge on any atom is -0.459 e. The molecule has 6 heteroatoms. The van der Waals surface area contributed by atoms with Gasteiger partial charge in [-0.25, -0.2) is 0 Å². The van der Waals surface area contributed by atoms with Crippen molar-refractivity contribution in [3.8, 4) is 0 Å². The van der Waals surface area contributed by atoms with Gasteiger partial charge in [0.2, 0.25) is 0 Å². The zero-order valence-corrected chi connectivity index (χ0v) is 19.6. The zero-order chi connectivity index (χ0) is 23.5. The lowest BCUT2D eigenvalue weighted by Crippen LogP contribution is -2.55. The van der Waals surface area contributed by atoms with Crippen molar-refractivity contribution in [3.05, 3.63) is 35.4 Å². The van der Waals surface area contributed by atoms with Crippen molar-refractivity contribution in [1.29, 1.82) is 0 Å². The average Bonchev–Trinajstić information content (AvgIpc) is 2.61. The summed E-state index contributed by atoms with van der Waals surface area (Å²) < 4.78 is 44.7. The maximum absolute atomic E-state index is 13.2. The third kappa shape index (κ3) is 12.2. The Kier molecular flexibility index (Phi) is 11.1. The molecule has 1 rings (SSSR count). The van der Waals surface area contributed by atoms with Crippen molar-refractivity contribution in [2.45, 2.75) is 116 Å². The van der Waals surface area contributed by atoms with Crippen LogP contribution in [0.3, 0.4) is 0 Å². The smallest absolute Gasteiger partial charge is 0.391 e. The van der Waals surface area contributed by atoms with E-state index in [0.29, 0.717) is 5.56 Å². The summed E-state index contributed by atoms with van der Waals surface area (Å²) in [4.78, 5) is 12.5. The Morgan fingerprint density at radius 3 is 2.03 bits per heavy atom. The summed E-state index contributed by atoms with van der Waals surface area (Å²) in [6.45, 7) is 7.05. The molecule has 0 aliphatic carbocycles. The highest BCUT2D eigenvalue weighted by Gasteiger charge is 2.47. The van der Waals surface area contributed by atoms with Gasteiger partial charge >= 0.3 is 12.1 Å². The lowest BCUT2D eigenvalue weighted by atomic mass is 9.87. The van der Waals surface area contributed by atoms with E-state index in [1.807, 2.05) is 18.2 Å². The summed E-state index contributed by atoms with van der Waals surface area (Å²) in [6.07, 6.45) is 4.44. The molecule has 1 aromatic carbocycles. The number of rotatable bonds is 13. The van der Waals surface area contributed by atoms with Gasteiger partial charge in [0.05, 0.1) is 6.42 Å². The summed E-state index contributed by atoms with van der Waals surface area (Å²) in [7, 11) is 0. The van der Waals surface area contributed by atoms with E-state index in [4.69, 9.17) is 10.5 Å². The van der Waals surface area contributed by atoms with Crippen LogP contribution < -0.4 is 5.73 Å². The standard InChI is InChI=1S/C25H40F3NO2/c1-5-6-7-8-9-10-11-12-14-20-15-13-16-21(17-20)18-24(29,19-25(26,27)28)22(30)31-23(2,3)4/h13,15-17H,5-12,14,18-19,29H2,1-4H3/t24-/m1/s1. The van der Waals surface area contributed by atoms with Gasteiger partial charge in [0, 0.05) is 6.42 Å². The number of unbranched alkanes of at least 4 members (excludes halogenated alkanes) is 7. The average molecular weight is 444 g/mol. The quantitative estimate of drug-likeness (QED) is 0.266. The zero-order valence-electron chi connectivity index (χ0n) is 19.6. The number of benzene rings is 1. The topological polar surface area (TPSA) is 52.3 Å². The van der Waals surface area contributed by atoms with Crippen molar-refractivity contribution in [2.75, 3.05) is 0 Å². The molecule has 0 radical (unpaired) electrons. The van der Waals surface area contributed by atoms with E-state index in [-0.39, 0.29) is 6.42 Å². The third-order valence-corrected chi connectivity index (χ3v) is 5.15. The number of carbonyl (C=O) groups excluding carboxylic acids is 1. The van der Waals surface area contributed by atoms with E-state index in [9.17, 15) is 18.0 Å². The van der Waals surface area contributed by atoms with E-state index in [1.165, 1.54) is 38.5 Å². The van der Waals surface area contributed by atoms with E-state index in [2.05, 4.69) is 6.92 Å². The number of carbonyl (C=O) groups is 1. The number of alkyl halides is 3. The molecule has 0 spiro atoms. The molecular formula is C25H40F3NO2. The Balaban J connectivity index is 2.71. The van der Waals surface area contributed by atoms with Crippen LogP contribution in [0.15, 0.2) is 24.3 Å². The van der Waals surface area contributed by atoms with Crippen LogP contribution >= 0.6 is 0 Å². The van der Waals surface area contributed by atoms with E-state index < -0.39 is 29.7 Å². The second-order valence-corrected chi connectivity index (χ2v) is 9.67. The van der Waals surface area contributed by atoms with E-state index in [0.717, 1.165) is 24.8 Å². The van der Waals surface area contributed by atoms with Gasteiger partial charge in [-0.05, 0) is 44.7 Å². The molecule has 1 atom stereocenters. The van der Waals surface area contributed by atoms with Gasteiger partial charge < -0.3 is 10.5 Å². The maximum atomic E-state index is 13.2. The fraction of sp³-hybridized carbons (Fsp3) is 0.720. The summed E-state index contributed by atoms with van der Waals surface area (Å²) in [5, 5.41) is 0. The highest BCUT2D eigenvalue weighted by Crippen LogP contribution is 2.31. The molecule has 31 heavy (non-hydrogen) atoms. The van der Waals surface area contributed by atoms with Crippen molar-refractivity contribution in [3.63, 3.8) is 0 Å². The van der Waals surface area contributed by atoms with Gasteiger partial charge in [-0.2, -0.15) is 13.2 Å². The first kappa shape index (κ1) is 27.5. The predicted molar refractivity (Wildman–Crippen MR) is 120 cm³/mol. The molecule has 0 aliphatic rings. The number of esters is 1. The summed E-state index contributed by atoms with van der Waals surface area (Å²) >= 11 is 0. The molecule has 0 bridgehead atoms. The molecule has 0 amide bonds. The summed E-state index contributed by atoms with van der Waals surface area (Å²) in [5.41, 5.74) is 4.63. The van der Waals surface area contributed by atoms with Gasteiger partial charge in [-0.15, -0.1) is 0 Å². The number of ether oxygens (including phenoxy) is 1. The molecule has 0 saturated heterocycles. The number of hydrogen-bond donors (Lipinski definition) is 1. The van der Waals surface area contributed by atoms with Crippen molar-refractivity contribution in [1.82, 2.24) is 0 Å². The Morgan fingerprint density at radius 1 is 0.935 bits per heavy atom. The van der Waals surface area contributed by atoms with Crippen LogP contribution in [-0.4, -0.2) is 23.3 Å². The first-order valence-electron chi connectivity index (χ1n) is 11.5. The first-order valence-corrected chi connectivity index (χ1v) is 11.5. The van der Waals surface area contributed by atoms with Crippen LogP contribution in [0.2, 0.25) is 0 Å². The molecule has 0 fully saturated rings. The number of aryl methyl sites for hydroxylation is 1. The fourth-order valence-corrected chi connectivity index (χ4v) is 3.67. The molecule has 2 N–H and O–H groups in total. The van der Waals surface area contributed by atoms with Crippen LogP contribution in [0.1, 0.15) is 96.6 Å². The molecule has 0 aromatic heterocycles. The highest BCUT2D eigenvalue weighted by atomic mass is 19.4. The molecule has 0 aliphatic heterocycles. The highest BCUT2D eigenvalue weighted by molar-refractivity contribution is 5.81. The van der Waals surface area contributed by atoms with Gasteiger partial charge in [0.25, 0.3) is 0 Å². The molecule has 0 heterocycles. The summed E-state index contributed by atoms with van der Waals surface area (Å²) in [5.74, 6) is -1.02. The third-order valence-electron chi connectivity index (χ3n) is 5.15. The van der Waals surface area contributed by atoms with Crippen LogP contribution in [0.4, 0.5) is 13.2 Å². The van der Waals surface area contributed by atoms with Gasteiger partial charge in [0.15, 0.2) is 0 Å². The fourth-order valence-electron chi connectivity index (χ4n) is 3.67. The number of hydrogen-bond acceptors (Lipinski definition) is 3. The Morgan fingerprint density at radius 2 is 1.48 bits per heavy atom. The van der Waals surface area contributed by atoms with E-state index in [1.54, 1.807) is 26.8 Å². The van der Waals surface area contributed by atoms with Crippen LogP contribution in [0, 0.1) is 0 Å². The minimum absolute atomic E-state index is 0.216. The van der Waals surface area contributed by atoms with Crippen LogP contribution in [0.5, 0.6) is 0 Å². The van der Waals surface area contributed by atoms with E-state index >= 15 is 0 Å². The second kappa shape index (κ2) is 12.5. The van der Waals surface area contributed by atoms with Gasteiger partial charge in [0.1, 0.15) is 11.1 Å². The number of nitrogens with two attached hydrogens (primary N) is 1. The Labute approximate surface area is 185 Å². The summed E-state index contributed by atoms with van der Waals surface area (Å²) in [6, 6.07) is 7.38. The van der Waals surface area contributed by atoms with Crippen LogP contribution in [0.25, 0.3) is 0 Å². The second-order valence-electron chi connectivity index (χ2n) is 9.67. The largest absolute Gasteiger partial charge is 0.459 e. The normalized spacial score (nSPS) is 14.3. The lowest BCUT2D eigenvalue weighted by molar-refractivity contribution is -0.179. The SMILES string of the molecule is CCCCCCCCCCc1cccc(C[C@@](N)(CC(F)(F)F)C(=O)OC(C)(C)C)c1. The van der Waals surface area contributed by atoms with Crippen LogP contribution in [-0.2, 0) is 22.4 Å². The van der Waals surface area contributed by atoms with Crippen molar-refractivity contribution < 1.29 is 22.7 Å². The molecule has 1 aromatic rings. The van der Waals surface area contributed by atoms with Gasteiger partial charge in [-0.1, -0.05) is 76.1 Å². The van der Waals surface area contributed by atoms with Gasteiger partial charge in [-0.3, -0.25) is 4.79 Å². The van der Waals surface area contributed by atoms with Crippen molar-refractivity contribution >= 4 is 5.97 Å². The Hall–Kier alpha value is -1.56. The molecule has 0 unspecified atom stereocenters. The molecule has 3 nitrogen and oxygen atoms in total. The maximum Gasteiger partial charge on any atom is 0.391 e. The monoisotopic (exact) mass is 443 g/mol. The number of halogens is 3. The Bertz CT molecular complexity index is 667. The first-order chi connectivity index (χ1) is 14.3. The lowest BCUT2D eigenvalue weighted by Gasteiger charge is -2.32. The molecule has 178 valence electrons. The molecular weight excluding hydrogens is 403 g/mol. The minimum atomic E-state index is -4.57. The van der Waals surface area contributed by atoms with Crippen molar-refractivity contribution in [2.24, 2.45) is 5.73 Å². The predicted octanol–water partition coefficient (Wildman–Crippen LogP) is 6.90.